The summed E-state index contributed by atoms with van der Waals surface area (Å²) in [6.07, 6.45) is 2.39. The van der Waals surface area contributed by atoms with Crippen molar-refractivity contribution in [2.75, 3.05) is 47.2 Å². The van der Waals surface area contributed by atoms with Gasteiger partial charge in [-0.25, -0.2) is 9.78 Å². The molecule has 2 aliphatic heterocycles. The Labute approximate surface area is 192 Å². The van der Waals surface area contributed by atoms with E-state index in [2.05, 4.69) is 30.8 Å². The minimum absolute atomic E-state index is 0.343. The minimum Gasteiger partial charge on any atom is -0.486 e. The van der Waals surface area contributed by atoms with Crippen molar-refractivity contribution in [3.8, 4) is 11.5 Å². The van der Waals surface area contributed by atoms with Crippen molar-refractivity contribution in [3.63, 3.8) is 0 Å². The van der Waals surface area contributed by atoms with Crippen LogP contribution in [0.5, 0.6) is 11.5 Å². The summed E-state index contributed by atoms with van der Waals surface area (Å²) < 4.78 is 11.1. The van der Waals surface area contributed by atoms with E-state index in [9.17, 15) is 4.79 Å². The van der Waals surface area contributed by atoms with Gasteiger partial charge < -0.3 is 30.3 Å². The number of rotatable bonds is 5. The van der Waals surface area contributed by atoms with Gasteiger partial charge in [-0.2, -0.15) is 4.98 Å². The number of hydrogen-bond donors (Lipinski definition) is 3. The van der Waals surface area contributed by atoms with Crippen LogP contribution in [0.25, 0.3) is 0 Å². The Hall–Kier alpha value is -4.01. The summed E-state index contributed by atoms with van der Waals surface area (Å²) >= 11 is 0. The molecule has 0 aliphatic carbocycles. The van der Waals surface area contributed by atoms with Gasteiger partial charge >= 0.3 is 6.03 Å². The molecule has 0 spiro atoms. The predicted molar refractivity (Wildman–Crippen MR) is 128 cm³/mol. The Balaban J connectivity index is 1.20. The van der Waals surface area contributed by atoms with E-state index in [1.807, 2.05) is 37.3 Å². The highest BCUT2D eigenvalue weighted by atomic mass is 16.6. The largest absolute Gasteiger partial charge is 0.486 e. The molecule has 9 nitrogen and oxygen atoms in total. The average molecular weight is 447 g/mol. The second-order valence-electron chi connectivity index (χ2n) is 8.03. The molecule has 0 saturated carbocycles. The summed E-state index contributed by atoms with van der Waals surface area (Å²) in [5, 5.41) is 8.89. The van der Waals surface area contributed by atoms with Gasteiger partial charge in [-0.1, -0.05) is 0 Å². The standard InChI is InChI=1S/C24H26N6O3/c1-16-14-22(30-10-2-3-11-30)29-23(25-16)26-17-4-6-18(7-5-17)27-24(31)28-19-8-9-20-21(15-19)33-13-12-32-20/h4-9,14-15H,2-3,10-13H2,1H3,(H,25,26,29)(H2,27,28,31). The molecule has 2 aliphatic rings. The highest BCUT2D eigenvalue weighted by Gasteiger charge is 2.15. The zero-order chi connectivity index (χ0) is 22.6. The number of aromatic nitrogens is 2. The van der Waals surface area contributed by atoms with Crippen LogP contribution >= 0.6 is 0 Å². The number of ether oxygens (including phenoxy) is 2. The first-order valence-corrected chi connectivity index (χ1v) is 11.1. The molecule has 1 saturated heterocycles. The molecule has 9 heteroatoms. The number of urea groups is 1. The Morgan fingerprint density at radius 1 is 0.848 bits per heavy atom. The van der Waals surface area contributed by atoms with Gasteiger partial charge in [-0.05, 0) is 56.2 Å². The van der Waals surface area contributed by atoms with Gasteiger partial charge in [0.15, 0.2) is 11.5 Å². The Morgan fingerprint density at radius 3 is 2.30 bits per heavy atom. The fourth-order valence-electron chi connectivity index (χ4n) is 3.90. The van der Waals surface area contributed by atoms with Gasteiger partial charge in [0.05, 0.1) is 0 Å². The molecule has 3 N–H and O–H groups in total. The van der Waals surface area contributed by atoms with Gasteiger partial charge in [0.2, 0.25) is 5.95 Å². The molecule has 170 valence electrons. The fourth-order valence-corrected chi connectivity index (χ4v) is 3.90. The van der Waals surface area contributed by atoms with E-state index in [-0.39, 0.29) is 6.03 Å². The molecule has 33 heavy (non-hydrogen) atoms. The van der Waals surface area contributed by atoms with E-state index < -0.39 is 0 Å². The molecule has 3 aromatic rings. The summed E-state index contributed by atoms with van der Waals surface area (Å²) in [5.41, 5.74) is 3.05. The molecule has 3 heterocycles. The molecule has 0 atom stereocenters. The van der Waals surface area contributed by atoms with Crippen molar-refractivity contribution >= 4 is 34.9 Å². The van der Waals surface area contributed by atoms with Crippen LogP contribution in [-0.2, 0) is 0 Å². The van der Waals surface area contributed by atoms with Crippen molar-refractivity contribution in [2.24, 2.45) is 0 Å². The van der Waals surface area contributed by atoms with Gasteiger partial charge in [0, 0.05) is 48.0 Å². The third-order valence-corrected chi connectivity index (χ3v) is 5.47. The van der Waals surface area contributed by atoms with Crippen molar-refractivity contribution < 1.29 is 14.3 Å². The number of carbonyl (C=O) groups is 1. The molecule has 1 fully saturated rings. The molecule has 2 aromatic carbocycles. The Bertz CT molecular complexity index is 1150. The van der Waals surface area contributed by atoms with Crippen LogP contribution in [0.4, 0.5) is 33.6 Å². The van der Waals surface area contributed by atoms with Gasteiger partial charge in [0.25, 0.3) is 0 Å². The van der Waals surface area contributed by atoms with Gasteiger partial charge in [-0.3, -0.25) is 0 Å². The number of amides is 2. The van der Waals surface area contributed by atoms with Crippen molar-refractivity contribution in [2.45, 2.75) is 19.8 Å². The topological polar surface area (TPSA) is 101 Å². The summed E-state index contributed by atoms with van der Waals surface area (Å²) in [4.78, 5) is 23.8. The number of benzene rings is 2. The van der Waals surface area contributed by atoms with E-state index >= 15 is 0 Å². The Morgan fingerprint density at radius 2 is 1.52 bits per heavy atom. The normalized spacial score (nSPS) is 14.6. The third kappa shape index (κ3) is 5.08. The van der Waals surface area contributed by atoms with E-state index in [0.717, 1.165) is 30.3 Å². The highest BCUT2D eigenvalue weighted by molar-refractivity contribution is 6.00. The van der Waals surface area contributed by atoms with E-state index in [4.69, 9.17) is 9.47 Å². The SMILES string of the molecule is Cc1cc(N2CCCC2)nc(Nc2ccc(NC(=O)Nc3ccc4c(c3)OCCO4)cc2)n1. The molecule has 0 unspecified atom stereocenters. The van der Waals surface area contributed by atoms with Crippen LogP contribution in [0, 0.1) is 6.92 Å². The summed E-state index contributed by atoms with van der Waals surface area (Å²) in [6, 6.07) is 14.4. The maximum Gasteiger partial charge on any atom is 0.323 e. The first kappa shape index (κ1) is 20.9. The molecular weight excluding hydrogens is 420 g/mol. The third-order valence-electron chi connectivity index (χ3n) is 5.47. The van der Waals surface area contributed by atoms with E-state index in [1.54, 1.807) is 18.2 Å². The molecule has 1 aromatic heterocycles. The number of hydrogen-bond acceptors (Lipinski definition) is 7. The molecule has 2 amide bonds. The molecule has 5 rings (SSSR count). The second kappa shape index (κ2) is 9.23. The first-order chi connectivity index (χ1) is 16.1. The number of anilines is 5. The highest BCUT2D eigenvalue weighted by Crippen LogP contribution is 2.32. The van der Waals surface area contributed by atoms with Gasteiger partial charge in [-0.15, -0.1) is 0 Å². The van der Waals surface area contributed by atoms with Crippen LogP contribution in [0.15, 0.2) is 48.5 Å². The number of carbonyl (C=O) groups excluding carboxylic acids is 1. The van der Waals surface area contributed by atoms with Crippen molar-refractivity contribution in [1.29, 1.82) is 0 Å². The zero-order valence-electron chi connectivity index (χ0n) is 18.4. The predicted octanol–water partition coefficient (Wildman–Crippen LogP) is 4.54. The second-order valence-corrected chi connectivity index (χ2v) is 8.03. The Kier molecular flexibility index (Phi) is 5.84. The molecule has 0 radical (unpaired) electrons. The lowest BCUT2D eigenvalue weighted by molar-refractivity contribution is 0.171. The zero-order valence-corrected chi connectivity index (χ0v) is 18.4. The van der Waals surface area contributed by atoms with Gasteiger partial charge in [0.1, 0.15) is 19.0 Å². The molecular formula is C24H26N6O3. The fraction of sp³-hybridized carbons (Fsp3) is 0.292. The van der Waals surface area contributed by atoms with Crippen LogP contribution < -0.4 is 30.3 Å². The maximum atomic E-state index is 12.4. The summed E-state index contributed by atoms with van der Waals surface area (Å²) in [5.74, 6) is 2.83. The number of nitrogens with one attached hydrogen (secondary N) is 3. The van der Waals surface area contributed by atoms with E-state index in [1.165, 1.54) is 12.8 Å². The lowest BCUT2D eigenvalue weighted by Gasteiger charge is -2.19. The average Bonchev–Trinajstić information content (AvgIpc) is 3.35. The maximum absolute atomic E-state index is 12.4. The monoisotopic (exact) mass is 446 g/mol. The van der Waals surface area contributed by atoms with Crippen LogP contribution in [0.3, 0.4) is 0 Å². The van der Waals surface area contributed by atoms with Crippen LogP contribution in [-0.4, -0.2) is 42.3 Å². The number of fused-ring (bicyclic) bond motifs is 1. The lowest BCUT2D eigenvalue weighted by atomic mass is 10.2. The first-order valence-electron chi connectivity index (χ1n) is 11.1. The summed E-state index contributed by atoms with van der Waals surface area (Å²) in [6.45, 7) is 5.06. The van der Waals surface area contributed by atoms with Crippen molar-refractivity contribution in [1.82, 2.24) is 9.97 Å². The molecule has 0 bridgehead atoms. The lowest BCUT2D eigenvalue weighted by Crippen LogP contribution is -2.20. The van der Waals surface area contributed by atoms with Crippen LogP contribution in [0.1, 0.15) is 18.5 Å². The van der Waals surface area contributed by atoms with Crippen LogP contribution in [0.2, 0.25) is 0 Å². The number of nitrogens with zero attached hydrogens (tertiary/aromatic N) is 3. The van der Waals surface area contributed by atoms with Crippen molar-refractivity contribution in [3.05, 3.63) is 54.2 Å². The quantitative estimate of drug-likeness (QED) is 0.529. The van der Waals surface area contributed by atoms with E-state index in [0.29, 0.717) is 42.0 Å². The summed E-state index contributed by atoms with van der Waals surface area (Å²) in [7, 11) is 0. The smallest absolute Gasteiger partial charge is 0.323 e. The number of aryl methyl sites for hydroxylation is 1. The minimum atomic E-state index is -0.343.